The molecule has 10 heteroatoms. The number of aryl methyl sites for hydroxylation is 1. The standard InChI is InChI=1S/C21H22N8OS/c1-13-4-2-5-14(12-13)23-21(30)29-9-7-28(8-10-29)19-16-18(26-20(22)27-19)25-17(24-16)15-6-3-11-31-15/h2-6,11-12H,7-10H2,1H3,(H,23,30)(H3,22,24,25,26,27). The molecule has 2 amide bonds. The minimum absolute atomic E-state index is 0.0980. The maximum Gasteiger partial charge on any atom is 0.321 e. The first-order chi connectivity index (χ1) is 15.1. The Balaban J connectivity index is 1.32. The van der Waals surface area contributed by atoms with Crippen LogP contribution in [0.4, 0.5) is 22.2 Å². The number of carbonyl (C=O) groups excluding carboxylic acids is 1. The summed E-state index contributed by atoms with van der Waals surface area (Å²) in [5, 5.41) is 4.98. The van der Waals surface area contributed by atoms with Gasteiger partial charge < -0.3 is 25.8 Å². The van der Waals surface area contributed by atoms with Gasteiger partial charge >= 0.3 is 6.03 Å². The van der Waals surface area contributed by atoms with Crippen molar-refractivity contribution < 1.29 is 4.79 Å². The van der Waals surface area contributed by atoms with E-state index in [1.165, 1.54) is 0 Å². The van der Waals surface area contributed by atoms with E-state index in [0.717, 1.165) is 33.3 Å². The van der Waals surface area contributed by atoms with E-state index in [1.807, 2.05) is 53.6 Å². The first-order valence-corrected chi connectivity index (χ1v) is 10.9. The van der Waals surface area contributed by atoms with Crippen molar-refractivity contribution in [3.05, 3.63) is 47.3 Å². The van der Waals surface area contributed by atoms with Crippen LogP contribution in [0.3, 0.4) is 0 Å². The molecule has 0 atom stereocenters. The zero-order chi connectivity index (χ0) is 21.4. The van der Waals surface area contributed by atoms with Crippen LogP contribution in [0, 0.1) is 6.92 Å². The molecule has 4 heterocycles. The monoisotopic (exact) mass is 434 g/mol. The number of amides is 2. The number of imidazole rings is 1. The Morgan fingerprint density at radius 3 is 2.71 bits per heavy atom. The molecule has 1 aliphatic rings. The van der Waals surface area contributed by atoms with Gasteiger partial charge in [0.15, 0.2) is 17.3 Å². The van der Waals surface area contributed by atoms with Gasteiger partial charge in [0.05, 0.1) is 4.88 Å². The number of nitrogen functional groups attached to an aromatic ring is 1. The van der Waals surface area contributed by atoms with Crippen molar-refractivity contribution in [1.29, 1.82) is 0 Å². The molecular formula is C21H22N8OS. The third-order valence-corrected chi connectivity index (χ3v) is 6.12. The lowest BCUT2D eigenvalue weighted by Crippen LogP contribution is -2.50. The maximum atomic E-state index is 12.7. The predicted octanol–water partition coefficient (Wildman–Crippen LogP) is 3.33. The Labute approximate surface area is 182 Å². The normalized spacial score (nSPS) is 14.2. The third-order valence-electron chi connectivity index (χ3n) is 5.24. The van der Waals surface area contributed by atoms with E-state index in [9.17, 15) is 4.79 Å². The molecule has 158 valence electrons. The van der Waals surface area contributed by atoms with Crippen LogP contribution >= 0.6 is 11.3 Å². The molecule has 1 fully saturated rings. The second-order valence-corrected chi connectivity index (χ2v) is 8.39. The van der Waals surface area contributed by atoms with Gasteiger partial charge in [-0.25, -0.2) is 9.78 Å². The molecule has 3 aromatic heterocycles. The number of aromatic amines is 1. The zero-order valence-electron chi connectivity index (χ0n) is 17.0. The number of rotatable bonds is 3. The van der Waals surface area contributed by atoms with Gasteiger partial charge in [0.2, 0.25) is 5.95 Å². The Morgan fingerprint density at radius 2 is 1.97 bits per heavy atom. The molecule has 0 radical (unpaired) electrons. The molecule has 1 saturated heterocycles. The van der Waals surface area contributed by atoms with E-state index in [-0.39, 0.29) is 12.0 Å². The lowest BCUT2D eigenvalue weighted by atomic mass is 10.2. The van der Waals surface area contributed by atoms with Gasteiger partial charge in [-0.3, -0.25) is 0 Å². The molecule has 0 aliphatic carbocycles. The highest BCUT2D eigenvalue weighted by atomic mass is 32.1. The molecule has 9 nitrogen and oxygen atoms in total. The Bertz CT molecular complexity index is 1230. The smallest absolute Gasteiger partial charge is 0.321 e. The highest BCUT2D eigenvalue weighted by Crippen LogP contribution is 2.29. The molecule has 4 aromatic rings. The largest absolute Gasteiger partial charge is 0.368 e. The quantitative estimate of drug-likeness (QED) is 0.455. The van der Waals surface area contributed by atoms with Gasteiger partial charge in [-0.15, -0.1) is 11.3 Å². The molecule has 0 unspecified atom stereocenters. The van der Waals surface area contributed by atoms with Crippen LogP contribution in [0.2, 0.25) is 0 Å². The number of carbonyl (C=O) groups is 1. The highest BCUT2D eigenvalue weighted by molar-refractivity contribution is 7.13. The number of nitrogens with one attached hydrogen (secondary N) is 2. The van der Waals surface area contributed by atoms with Crippen molar-refractivity contribution >= 4 is 46.0 Å². The molecule has 4 N–H and O–H groups in total. The van der Waals surface area contributed by atoms with Gasteiger partial charge in [0, 0.05) is 31.9 Å². The summed E-state index contributed by atoms with van der Waals surface area (Å²) < 4.78 is 0. The van der Waals surface area contributed by atoms with Gasteiger partial charge in [0.25, 0.3) is 0 Å². The van der Waals surface area contributed by atoms with E-state index in [2.05, 4.69) is 30.2 Å². The van der Waals surface area contributed by atoms with Gasteiger partial charge in [0.1, 0.15) is 5.52 Å². The van der Waals surface area contributed by atoms with Crippen LogP contribution in [-0.2, 0) is 0 Å². The number of aromatic nitrogens is 4. The summed E-state index contributed by atoms with van der Waals surface area (Å²) in [6.45, 7) is 4.44. The zero-order valence-corrected chi connectivity index (χ0v) is 17.8. The third kappa shape index (κ3) is 3.89. The number of H-pyrrole nitrogens is 1. The Morgan fingerprint density at radius 1 is 1.13 bits per heavy atom. The number of fused-ring (bicyclic) bond motifs is 1. The van der Waals surface area contributed by atoms with E-state index < -0.39 is 0 Å². The number of hydrogen-bond acceptors (Lipinski definition) is 7. The molecule has 1 aromatic carbocycles. The topological polar surface area (TPSA) is 116 Å². The average molecular weight is 435 g/mol. The van der Waals surface area contributed by atoms with Gasteiger partial charge in [-0.2, -0.15) is 9.97 Å². The van der Waals surface area contributed by atoms with E-state index in [0.29, 0.717) is 31.8 Å². The fourth-order valence-corrected chi connectivity index (χ4v) is 4.37. The van der Waals surface area contributed by atoms with Crippen molar-refractivity contribution in [1.82, 2.24) is 24.8 Å². The molecule has 0 spiro atoms. The lowest BCUT2D eigenvalue weighted by molar-refractivity contribution is 0.208. The van der Waals surface area contributed by atoms with Crippen LogP contribution in [-0.4, -0.2) is 57.0 Å². The van der Waals surface area contributed by atoms with Crippen molar-refractivity contribution in [2.75, 3.05) is 42.1 Å². The summed E-state index contributed by atoms with van der Waals surface area (Å²) in [6.07, 6.45) is 0. The first-order valence-electron chi connectivity index (χ1n) is 10.0. The number of piperazine rings is 1. The summed E-state index contributed by atoms with van der Waals surface area (Å²) in [6, 6.07) is 11.7. The molecule has 5 rings (SSSR count). The average Bonchev–Trinajstić information content (AvgIpc) is 3.43. The fourth-order valence-electron chi connectivity index (χ4n) is 3.70. The molecule has 0 bridgehead atoms. The van der Waals surface area contributed by atoms with Crippen LogP contribution in [0.25, 0.3) is 21.9 Å². The van der Waals surface area contributed by atoms with E-state index in [4.69, 9.17) is 5.73 Å². The fraction of sp³-hybridized carbons (Fsp3) is 0.238. The second kappa shape index (κ2) is 7.88. The summed E-state index contributed by atoms with van der Waals surface area (Å²) in [7, 11) is 0. The SMILES string of the molecule is Cc1cccc(NC(=O)N2CCN(c3nc(N)nc4nc(-c5cccs5)[nH]c34)CC2)c1. The van der Waals surface area contributed by atoms with Crippen LogP contribution in [0.5, 0.6) is 0 Å². The number of benzene rings is 1. The van der Waals surface area contributed by atoms with Crippen molar-refractivity contribution in [2.45, 2.75) is 6.92 Å². The summed E-state index contributed by atoms with van der Waals surface area (Å²) in [5.74, 6) is 1.66. The van der Waals surface area contributed by atoms with Crippen molar-refractivity contribution in [3.63, 3.8) is 0 Å². The number of hydrogen-bond donors (Lipinski definition) is 3. The number of thiophene rings is 1. The van der Waals surface area contributed by atoms with Crippen LogP contribution in [0.15, 0.2) is 41.8 Å². The Kier molecular flexibility index (Phi) is 4.91. The van der Waals surface area contributed by atoms with Crippen molar-refractivity contribution in [3.8, 4) is 10.7 Å². The molecule has 0 saturated carbocycles. The second-order valence-electron chi connectivity index (χ2n) is 7.44. The number of anilines is 3. The lowest BCUT2D eigenvalue weighted by Gasteiger charge is -2.35. The minimum Gasteiger partial charge on any atom is -0.368 e. The van der Waals surface area contributed by atoms with Crippen molar-refractivity contribution in [2.24, 2.45) is 0 Å². The summed E-state index contributed by atoms with van der Waals surface area (Å²) in [5.41, 5.74) is 9.17. The first kappa shape index (κ1) is 19.3. The molecular weight excluding hydrogens is 412 g/mol. The number of nitrogens with zero attached hydrogens (tertiary/aromatic N) is 5. The number of urea groups is 1. The highest BCUT2D eigenvalue weighted by Gasteiger charge is 2.25. The van der Waals surface area contributed by atoms with E-state index >= 15 is 0 Å². The minimum atomic E-state index is -0.0980. The Hall–Kier alpha value is -3.66. The summed E-state index contributed by atoms with van der Waals surface area (Å²) >= 11 is 1.60. The van der Waals surface area contributed by atoms with Crippen LogP contribution < -0.4 is 16.0 Å². The predicted molar refractivity (Wildman–Crippen MR) is 123 cm³/mol. The number of nitrogens with two attached hydrogens (primary N) is 1. The van der Waals surface area contributed by atoms with Gasteiger partial charge in [-0.1, -0.05) is 18.2 Å². The maximum absolute atomic E-state index is 12.7. The van der Waals surface area contributed by atoms with E-state index in [1.54, 1.807) is 11.3 Å². The van der Waals surface area contributed by atoms with Gasteiger partial charge in [-0.05, 0) is 36.1 Å². The molecule has 1 aliphatic heterocycles. The molecule has 31 heavy (non-hydrogen) atoms. The summed E-state index contributed by atoms with van der Waals surface area (Å²) in [4.78, 5) is 34.3. The van der Waals surface area contributed by atoms with Crippen LogP contribution in [0.1, 0.15) is 5.56 Å².